The molecule has 0 aromatic heterocycles. The molecule has 0 amide bonds. The molecule has 1 aliphatic rings. The molecule has 1 saturated carbocycles. The summed E-state index contributed by atoms with van der Waals surface area (Å²) in [5.74, 6) is -0.486. The highest BCUT2D eigenvalue weighted by atomic mass is 32.2. The molecule has 0 saturated heterocycles. The van der Waals surface area contributed by atoms with Crippen molar-refractivity contribution in [3.05, 3.63) is 0 Å². The predicted octanol–water partition coefficient (Wildman–Crippen LogP) is 0.752. The molecule has 6 heteroatoms. The average molecular weight is 249 g/mol. The van der Waals surface area contributed by atoms with E-state index in [1.807, 2.05) is 0 Å². The first-order valence-corrected chi connectivity index (χ1v) is 7.06. The first-order valence-electron chi connectivity index (χ1n) is 5.55. The Morgan fingerprint density at radius 3 is 2.38 bits per heavy atom. The van der Waals surface area contributed by atoms with Gasteiger partial charge >= 0.3 is 5.97 Å². The van der Waals surface area contributed by atoms with Crippen LogP contribution in [-0.4, -0.2) is 43.1 Å². The Balaban J connectivity index is 2.71. The van der Waals surface area contributed by atoms with Gasteiger partial charge in [0.15, 0.2) is 0 Å². The normalized spacial score (nSPS) is 16.8. The SMILES string of the molecule is CCOC(=O)CN(C(C)C)S(=O)(=O)C1CC1. The highest BCUT2D eigenvalue weighted by Crippen LogP contribution is 2.31. The van der Waals surface area contributed by atoms with Gasteiger partial charge < -0.3 is 4.74 Å². The van der Waals surface area contributed by atoms with Gasteiger partial charge in [-0.15, -0.1) is 0 Å². The zero-order valence-electron chi connectivity index (χ0n) is 9.97. The van der Waals surface area contributed by atoms with Crippen LogP contribution in [0.15, 0.2) is 0 Å². The lowest BCUT2D eigenvalue weighted by molar-refractivity contribution is -0.143. The number of nitrogens with zero attached hydrogens (tertiary/aromatic N) is 1. The fraction of sp³-hybridized carbons (Fsp3) is 0.900. The molecular weight excluding hydrogens is 230 g/mol. The fourth-order valence-corrected chi connectivity index (χ4v) is 3.45. The minimum atomic E-state index is -3.31. The smallest absolute Gasteiger partial charge is 0.321 e. The third kappa shape index (κ3) is 3.18. The van der Waals surface area contributed by atoms with E-state index in [-0.39, 0.29) is 24.4 Å². The molecule has 94 valence electrons. The van der Waals surface area contributed by atoms with E-state index < -0.39 is 16.0 Å². The molecule has 1 rings (SSSR count). The molecule has 0 aromatic rings. The van der Waals surface area contributed by atoms with Crippen LogP contribution in [0.1, 0.15) is 33.6 Å². The summed E-state index contributed by atoms with van der Waals surface area (Å²) in [5, 5.41) is -0.288. The topological polar surface area (TPSA) is 63.7 Å². The second-order valence-electron chi connectivity index (χ2n) is 4.19. The van der Waals surface area contributed by atoms with Crippen molar-refractivity contribution in [1.29, 1.82) is 0 Å². The Morgan fingerprint density at radius 2 is 2.00 bits per heavy atom. The van der Waals surface area contributed by atoms with Crippen LogP contribution < -0.4 is 0 Å². The van der Waals surface area contributed by atoms with Gasteiger partial charge in [-0.25, -0.2) is 8.42 Å². The van der Waals surface area contributed by atoms with Crippen LogP contribution in [0.2, 0.25) is 0 Å². The van der Waals surface area contributed by atoms with Gasteiger partial charge in [-0.2, -0.15) is 4.31 Å². The third-order valence-electron chi connectivity index (χ3n) is 2.44. The molecular formula is C10H19NO4S. The predicted molar refractivity (Wildman–Crippen MR) is 60.4 cm³/mol. The summed E-state index contributed by atoms with van der Waals surface area (Å²) in [5.41, 5.74) is 0. The van der Waals surface area contributed by atoms with Gasteiger partial charge in [0.2, 0.25) is 10.0 Å². The maximum atomic E-state index is 12.0. The Hall–Kier alpha value is -0.620. The van der Waals surface area contributed by atoms with E-state index in [1.165, 1.54) is 4.31 Å². The largest absolute Gasteiger partial charge is 0.465 e. The van der Waals surface area contributed by atoms with E-state index in [0.29, 0.717) is 12.8 Å². The summed E-state index contributed by atoms with van der Waals surface area (Å²) >= 11 is 0. The lowest BCUT2D eigenvalue weighted by atomic mass is 10.4. The molecule has 1 aliphatic carbocycles. The minimum absolute atomic E-state index is 0.176. The van der Waals surface area contributed by atoms with Crippen molar-refractivity contribution >= 4 is 16.0 Å². The van der Waals surface area contributed by atoms with Crippen LogP contribution in [0.5, 0.6) is 0 Å². The van der Waals surface area contributed by atoms with E-state index in [9.17, 15) is 13.2 Å². The lowest BCUT2D eigenvalue weighted by Gasteiger charge is -2.24. The number of ether oxygens (including phenoxy) is 1. The first kappa shape index (κ1) is 13.4. The molecule has 0 radical (unpaired) electrons. The van der Waals surface area contributed by atoms with Crippen molar-refractivity contribution in [3.8, 4) is 0 Å². The summed E-state index contributed by atoms with van der Waals surface area (Å²) in [6.45, 7) is 5.32. The average Bonchev–Trinajstić information content (AvgIpc) is 2.96. The second kappa shape index (κ2) is 5.14. The number of rotatable bonds is 6. The van der Waals surface area contributed by atoms with Gasteiger partial charge in [-0.1, -0.05) is 0 Å². The van der Waals surface area contributed by atoms with Crippen LogP contribution in [0, 0.1) is 0 Å². The van der Waals surface area contributed by atoms with Crippen molar-refractivity contribution in [2.75, 3.05) is 13.2 Å². The highest BCUT2D eigenvalue weighted by molar-refractivity contribution is 7.90. The molecule has 0 bridgehead atoms. The second-order valence-corrected chi connectivity index (χ2v) is 6.35. The number of hydrogen-bond donors (Lipinski definition) is 0. The van der Waals surface area contributed by atoms with Crippen LogP contribution in [0.25, 0.3) is 0 Å². The van der Waals surface area contributed by atoms with Crippen molar-refractivity contribution in [2.45, 2.75) is 44.9 Å². The summed E-state index contributed by atoms with van der Waals surface area (Å²) < 4.78 is 30.0. The first-order chi connectivity index (χ1) is 7.39. The number of sulfonamides is 1. The molecule has 5 nitrogen and oxygen atoms in total. The molecule has 0 aliphatic heterocycles. The third-order valence-corrected chi connectivity index (χ3v) is 4.96. The van der Waals surface area contributed by atoms with E-state index in [2.05, 4.69) is 0 Å². The summed E-state index contributed by atoms with van der Waals surface area (Å²) in [4.78, 5) is 11.3. The van der Waals surface area contributed by atoms with E-state index in [4.69, 9.17) is 4.74 Å². The van der Waals surface area contributed by atoms with Crippen molar-refractivity contribution in [1.82, 2.24) is 4.31 Å². The summed E-state index contributed by atoms with van der Waals surface area (Å²) in [6, 6.07) is -0.213. The zero-order chi connectivity index (χ0) is 12.3. The summed E-state index contributed by atoms with van der Waals surface area (Å²) in [6.07, 6.45) is 1.41. The highest BCUT2D eigenvalue weighted by Gasteiger charge is 2.41. The Bertz CT molecular complexity index is 346. The van der Waals surface area contributed by atoms with Gasteiger partial charge in [-0.05, 0) is 33.6 Å². The van der Waals surface area contributed by atoms with Gasteiger partial charge in [0.05, 0.1) is 11.9 Å². The monoisotopic (exact) mass is 249 g/mol. The quantitative estimate of drug-likeness (QED) is 0.652. The van der Waals surface area contributed by atoms with E-state index in [1.54, 1.807) is 20.8 Å². The minimum Gasteiger partial charge on any atom is -0.465 e. The fourth-order valence-electron chi connectivity index (χ4n) is 1.46. The standard InChI is InChI=1S/C10H19NO4S/c1-4-15-10(12)7-11(8(2)3)16(13,14)9-5-6-9/h8-9H,4-7H2,1-3H3. The van der Waals surface area contributed by atoms with Crippen LogP contribution in [-0.2, 0) is 19.6 Å². The molecule has 0 heterocycles. The summed E-state index contributed by atoms with van der Waals surface area (Å²) in [7, 11) is -3.31. The van der Waals surface area contributed by atoms with E-state index >= 15 is 0 Å². The number of carbonyl (C=O) groups excluding carboxylic acids is 1. The number of carbonyl (C=O) groups is 1. The van der Waals surface area contributed by atoms with Gasteiger partial charge in [0.25, 0.3) is 0 Å². The molecule has 0 atom stereocenters. The molecule has 0 unspecified atom stereocenters. The van der Waals surface area contributed by atoms with Crippen molar-refractivity contribution in [2.24, 2.45) is 0 Å². The van der Waals surface area contributed by atoms with Crippen molar-refractivity contribution < 1.29 is 17.9 Å². The van der Waals surface area contributed by atoms with Gasteiger partial charge in [0, 0.05) is 6.04 Å². The molecule has 1 fully saturated rings. The molecule has 16 heavy (non-hydrogen) atoms. The molecule has 0 aromatic carbocycles. The van der Waals surface area contributed by atoms with Crippen LogP contribution in [0.4, 0.5) is 0 Å². The number of esters is 1. The van der Waals surface area contributed by atoms with Crippen LogP contribution in [0.3, 0.4) is 0 Å². The Labute approximate surface area is 96.8 Å². The molecule has 0 spiro atoms. The lowest BCUT2D eigenvalue weighted by Crippen LogP contribution is -2.42. The number of hydrogen-bond acceptors (Lipinski definition) is 4. The van der Waals surface area contributed by atoms with Crippen molar-refractivity contribution in [3.63, 3.8) is 0 Å². The van der Waals surface area contributed by atoms with Crippen LogP contribution >= 0.6 is 0 Å². The Morgan fingerprint density at radius 1 is 1.44 bits per heavy atom. The Kier molecular flexibility index (Phi) is 4.32. The maximum Gasteiger partial charge on any atom is 0.321 e. The van der Waals surface area contributed by atoms with Gasteiger partial charge in [0.1, 0.15) is 6.54 Å². The maximum absolute atomic E-state index is 12.0. The zero-order valence-corrected chi connectivity index (χ0v) is 10.8. The van der Waals surface area contributed by atoms with E-state index in [0.717, 1.165) is 0 Å². The molecule has 0 N–H and O–H groups in total. The van der Waals surface area contributed by atoms with Gasteiger partial charge in [-0.3, -0.25) is 4.79 Å².